The second-order valence-electron chi connectivity index (χ2n) is 14.8. The van der Waals surface area contributed by atoms with Gasteiger partial charge in [0, 0.05) is 29.4 Å². The number of hydrogen-bond acceptors (Lipinski definition) is 8. The molecule has 4 bridgehead atoms. The highest BCUT2D eigenvalue weighted by atomic mass is 16.6. The number of carbonyl (C=O) groups is 3. The van der Waals surface area contributed by atoms with Crippen LogP contribution in [-0.2, 0) is 20.7 Å². The Labute approximate surface area is 275 Å². The molecule has 3 aliphatic heterocycles. The van der Waals surface area contributed by atoms with Crippen LogP contribution >= 0.6 is 0 Å². The van der Waals surface area contributed by atoms with E-state index < -0.39 is 52.6 Å². The maximum atomic E-state index is 14.7. The van der Waals surface area contributed by atoms with Crippen LogP contribution in [0.3, 0.4) is 0 Å². The fourth-order valence-electron chi connectivity index (χ4n) is 8.27. The second-order valence-corrected chi connectivity index (χ2v) is 14.8. The zero-order valence-electron chi connectivity index (χ0n) is 28.2. The minimum absolute atomic E-state index is 0.0173. The van der Waals surface area contributed by atoms with Gasteiger partial charge >= 0.3 is 5.97 Å². The van der Waals surface area contributed by atoms with Crippen molar-refractivity contribution in [1.29, 1.82) is 0 Å². The molecule has 47 heavy (non-hydrogen) atoms. The van der Waals surface area contributed by atoms with Gasteiger partial charge in [0.15, 0.2) is 22.8 Å². The summed E-state index contributed by atoms with van der Waals surface area (Å²) in [5.41, 5.74) is -1.79. The maximum absolute atomic E-state index is 14.7. The third kappa shape index (κ3) is 4.76. The predicted molar refractivity (Wildman–Crippen MR) is 176 cm³/mol. The highest BCUT2D eigenvalue weighted by molar-refractivity contribution is 6.19. The van der Waals surface area contributed by atoms with Crippen LogP contribution in [0.5, 0.6) is 17.2 Å². The van der Waals surface area contributed by atoms with E-state index in [0.717, 1.165) is 12.0 Å². The molecule has 2 fully saturated rings. The molecule has 0 amide bonds. The van der Waals surface area contributed by atoms with Crippen molar-refractivity contribution in [2.75, 3.05) is 6.61 Å². The monoisotopic (exact) mass is 644 g/mol. The Hall–Kier alpha value is -3.95. The number of rotatable bonds is 9. The van der Waals surface area contributed by atoms with Gasteiger partial charge in [-0.1, -0.05) is 35.5 Å². The predicted octanol–water partition coefficient (Wildman–Crippen LogP) is 6.21. The van der Waals surface area contributed by atoms with Crippen LogP contribution in [0.15, 0.2) is 52.7 Å². The lowest BCUT2D eigenvalue weighted by atomic mass is 9.51. The lowest BCUT2D eigenvalue weighted by Crippen LogP contribution is -2.72. The second kappa shape index (κ2) is 11.1. The Bertz CT molecular complexity index is 1750. The Morgan fingerprint density at radius 1 is 1.02 bits per heavy atom. The van der Waals surface area contributed by atoms with Gasteiger partial charge in [0.2, 0.25) is 0 Å². The Balaban J connectivity index is 1.59. The van der Waals surface area contributed by atoms with Gasteiger partial charge in [-0.2, -0.15) is 0 Å². The van der Waals surface area contributed by atoms with E-state index in [-0.39, 0.29) is 40.4 Å². The summed E-state index contributed by atoms with van der Waals surface area (Å²) in [6.45, 7) is 13.0. The first-order valence-corrected chi connectivity index (χ1v) is 16.3. The largest absolute Gasteiger partial charge is 0.506 e. The molecule has 1 saturated carbocycles. The Morgan fingerprint density at radius 2 is 1.72 bits per heavy atom. The van der Waals surface area contributed by atoms with Crippen molar-refractivity contribution in [3.05, 3.63) is 69.4 Å². The smallest absolute Gasteiger partial charge is 0.333 e. The van der Waals surface area contributed by atoms with Crippen molar-refractivity contribution in [3.63, 3.8) is 0 Å². The third-order valence-corrected chi connectivity index (χ3v) is 10.5. The number of Topliss-reactive ketones (excluding diaryl/α,β-unsaturated/α-hetero) is 2. The molecule has 3 N–H and O–H groups in total. The summed E-state index contributed by atoms with van der Waals surface area (Å²) in [5.74, 6) is -2.84. The summed E-state index contributed by atoms with van der Waals surface area (Å²) in [5, 5.41) is 31.2. The van der Waals surface area contributed by atoms with Gasteiger partial charge in [-0.15, -0.1) is 0 Å². The SMILES string of the molecule is CC(C)=CCC[C@@]1(C)C=Cc2c(O)c3c(c(CC=C(C)C)c2O1)O[C@]12C(=C[C@@H]4CC1C(C)(C)OC2(CC=C(CO)C(=O)O)C4=O)C3=O. The lowest BCUT2D eigenvalue weighted by molar-refractivity contribution is -0.171. The fourth-order valence-corrected chi connectivity index (χ4v) is 8.27. The Kier molecular flexibility index (Phi) is 7.76. The molecule has 9 nitrogen and oxygen atoms in total. The number of benzene rings is 1. The van der Waals surface area contributed by atoms with Gasteiger partial charge in [-0.25, -0.2) is 4.79 Å². The molecule has 2 unspecified atom stereocenters. The van der Waals surface area contributed by atoms with Gasteiger partial charge in [0.05, 0.1) is 23.3 Å². The number of phenols is 1. The number of aliphatic hydroxyl groups excluding tert-OH is 1. The molecule has 3 heterocycles. The summed E-state index contributed by atoms with van der Waals surface area (Å²) in [6.07, 6.45) is 12.8. The highest BCUT2D eigenvalue weighted by Gasteiger charge is 2.81. The lowest BCUT2D eigenvalue weighted by Gasteiger charge is -2.56. The van der Waals surface area contributed by atoms with Gasteiger partial charge in [0.25, 0.3) is 0 Å². The molecule has 0 aromatic heterocycles. The van der Waals surface area contributed by atoms with Crippen molar-refractivity contribution in [2.24, 2.45) is 11.8 Å². The van der Waals surface area contributed by atoms with Crippen LogP contribution in [0.1, 0.15) is 95.6 Å². The van der Waals surface area contributed by atoms with Crippen LogP contribution in [-0.4, -0.2) is 61.9 Å². The minimum Gasteiger partial charge on any atom is -0.506 e. The maximum Gasteiger partial charge on any atom is 0.333 e. The van der Waals surface area contributed by atoms with Crippen molar-refractivity contribution >= 4 is 23.6 Å². The molecular weight excluding hydrogens is 600 g/mol. The van der Waals surface area contributed by atoms with E-state index in [1.165, 1.54) is 11.6 Å². The first-order chi connectivity index (χ1) is 22.0. The molecule has 9 heteroatoms. The average molecular weight is 645 g/mol. The standard InChI is InChI=1S/C38H44O9/c1-20(2)9-8-14-36(7)15-13-24-29(40)28-30(41)26-17-23-18-27-35(5,6)47-37(33(23)42,16-12-22(19-39)34(43)44)38(26,27)46-32(28)25(31(24)45-36)11-10-21(3)4/h9-10,12-13,15,17,23,27,39-40H,8,11,14,16,18-19H2,1-7H3,(H,43,44)/t23-,27?,36+,37?,38-/m1/s1. The molecule has 1 spiro atoms. The molecule has 5 atom stereocenters. The number of carbonyl (C=O) groups excluding carboxylic acids is 2. The number of ether oxygens (including phenoxy) is 3. The molecule has 1 saturated heterocycles. The zero-order chi connectivity index (χ0) is 34.3. The molecular formula is C38H44O9. The van der Waals surface area contributed by atoms with Crippen LogP contribution in [0.25, 0.3) is 6.08 Å². The number of carboxylic acid groups (broad SMARTS) is 1. The summed E-state index contributed by atoms with van der Waals surface area (Å²) in [4.78, 5) is 40.9. The third-order valence-electron chi connectivity index (χ3n) is 10.5. The van der Waals surface area contributed by atoms with Crippen LogP contribution in [0.4, 0.5) is 0 Å². The van der Waals surface area contributed by atoms with Crippen molar-refractivity contribution in [2.45, 2.75) is 103 Å². The summed E-state index contributed by atoms with van der Waals surface area (Å²) < 4.78 is 20.5. The fraction of sp³-hybridized carbons (Fsp3) is 0.500. The van der Waals surface area contributed by atoms with Crippen LogP contribution in [0, 0.1) is 11.8 Å². The van der Waals surface area contributed by atoms with Gasteiger partial charge in [-0.3, -0.25) is 9.59 Å². The van der Waals surface area contributed by atoms with E-state index in [1.54, 1.807) is 6.08 Å². The quantitative estimate of drug-likeness (QED) is 0.211. The number of aromatic hydroxyl groups is 1. The van der Waals surface area contributed by atoms with Crippen molar-refractivity contribution < 1.29 is 43.9 Å². The summed E-state index contributed by atoms with van der Waals surface area (Å²) in [6, 6.07) is 0. The van der Waals surface area contributed by atoms with Crippen LogP contribution in [0.2, 0.25) is 0 Å². The summed E-state index contributed by atoms with van der Waals surface area (Å²) in [7, 11) is 0. The number of ketones is 2. The molecule has 7 rings (SSSR count). The number of aliphatic hydroxyl groups is 1. The number of allylic oxidation sites excluding steroid dienone is 5. The van der Waals surface area contributed by atoms with E-state index in [9.17, 15) is 29.7 Å². The van der Waals surface area contributed by atoms with Gasteiger partial charge in [-0.05, 0) is 86.3 Å². The molecule has 1 aromatic carbocycles. The number of hydrogen-bond donors (Lipinski definition) is 3. The van der Waals surface area contributed by atoms with E-state index >= 15 is 0 Å². The summed E-state index contributed by atoms with van der Waals surface area (Å²) >= 11 is 0. The van der Waals surface area contributed by atoms with E-state index in [4.69, 9.17) is 14.2 Å². The Morgan fingerprint density at radius 3 is 2.36 bits per heavy atom. The molecule has 250 valence electrons. The minimum atomic E-state index is -1.74. The number of carboxylic acids is 1. The topological polar surface area (TPSA) is 140 Å². The molecule has 1 aromatic rings. The van der Waals surface area contributed by atoms with Crippen molar-refractivity contribution in [3.8, 4) is 17.2 Å². The van der Waals surface area contributed by atoms with E-state index in [1.807, 2.05) is 66.7 Å². The number of fused-ring (bicyclic) bond motifs is 2. The van der Waals surface area contributed by atoms with Crippen molar-refractivity contribution in [1.82, 2.24) is 0 Å². The van der Waals surface area contributed by atoms with Gasteiger partial charge < -0.3 is 29.5 Å². The van der Waals surface area contributed by atoms with Gasteiger partial charge in [0.1, 0.15) is 28.4 Å². The zero-order valence-corrected chi connectivity index (χ0v) is 28.2. The number of aliphatic carboxylic acids is 1. The first kappa shape index (κ1) is 33.0. The highest BCUT2D eigenvalue weighted by Crippen LogP contribution is 2.68. The van der Waals surface area contributed by atoms with E-state index in [2.05, 4.69) is 6.08 Å². The van der Waals surface area contributed by atoms with Crippen LogP contribution < -0.4 is 9.47 Å². The average Bonchev–Trinajstić information content (AvgIpc) is 3.13. The first-order valence-electron chi connectivity index (χ1n) is 16.3. The van der Waals surface area contributed by atoms with E-state index in [0.29, 0.717) is 36.1 Å². The molecule has 3 aliphatic carbocycles. The normalized spacial score (nSPS) is 30.8. The number of phenolic OH excluding ortho intramolecular Hbond substituents is 1. The molecule has 6 aliphatic rings. The molecule has 0 radical (unpaired) electrons.